The molecule has 0 radical (unpaired) electrons. The minimum atomic E-state index is -0.929. The number of fused-ring (bicyclic) bond motifs is 1. The first-order valence-electron chi connectivity index (χ1n) is 10.3. The summed E-state index contributed by atoms with van der Waals surface area (Å²) < 4.78 is 6.24. The average Bonchev–Trinajstić information content (AvgIpc) is 2.69. The normalized spacial score (nSPS) is 19.8. The van der Waals surface area contributed by atoms with E-state index in [1.807, 2.05) is 39.0 Å². The second-order valence-corrected chi connectivity index (χ2v) is 7.58. The maximum absolute atomic E-state index is 13.1. The number of thiocarbonyl (C=S) groups is 1. The van der Waals surface area contributed by atoms with Crippen LogP contribution in [0.4, 0.5) is 5.69 Å². The Balaban J connectivity index is 1.98. The number of anilines is 1. The Morgan fingerprint density at radius 1 is 1.03 bits per heavy atom. The first kappa shape index (κ1) is 21.3. The van der Waals surface area contributed by atoms with E-state index in [4.69, 9.17) is 17.0 Å². The number of amides is 2. The molecule has 156 valence electrons. The quantitative estimate of drug-likeness (QED) is 0.527. The van der Waals surface area contributed by atoms with Gasteiger partial charge in [0.2, 0.25) is 11.8 Å². The van der Waals surface area contributed by atoms with Gasteiger partial charge in [-0.3, -0.25) is 19.4 Å². The highest BCUT2D eigenvalue weighted by Gasteiger charge is 2.47. The standard InChI is InChI=1S/C22H29N3O3S/c1-6-23(7-2)15-10-11-16-14(5)12-18(28-17(16)13-15)19-20(26)24(8-3)22(29)25(9-4)21(19)27/h10-13,18-19H,6-9H2,1-5H3. The molecule has 2 aliphatic heterocycles. The summed E-state index contributed by atoms with van der Waals surface area (Å²) in [5.74, 6) is -0.796. The molecule has 0 saturated carbocycles. The Kier molecular flexibility index (Phi) is 6.27. The highest BCUT2D eigenvalue weighted by molar-refractivity contribution is 7.80. The van der Waals surface area contributed by atoms with Gasteiger partial charge in [0, 0.05) is 43.5 Å². The maximum Gasteiger partial charge on any atom is 0.245 e. The second kappa shape index (κ2) is 8.53. The Morgan fingerprint density at radius 2 is 1.62 bits per heavy atom. The molecule has 1 unspecified atom stereocenters. The fourth-order valence-electron chi connectivity index (χ4n) is 4.04. The molecule has 29 heavy (non-hydrogen) atoms. The molecule has 6 nitrogen and oxygen atoms in total. The fraction of sp³-hybridized carbons (Fsp3) is 0.500. The molecule has 2 heterocycles. The van der Waals surface area contributed by atoms with Gasteiger partial charge in [0.15, 0.2) is 11.0 Å². The number of carbonyl (C=O) groups is 2. The van der Waals surface area contributed by atoms with Gasteiger partial charge in [-0.1, -0.05) is 0 Å². The topological polar surface area (TPSA) is 53.1 Å². The lowest BCUT2D eigenvalue weighted by Gasteiger charge is -2.41. The lowest BCUT2D eigenvalue weighted by atomic mass is 9.91. The summed E-state index contributed by atoms with van der Waals surface area (Å²) >= 11 is 5.36. The number of benzene rings is 1. The molecule has 7 heteroatoms. The van der Waals surface area contributed by atoms with Crippen molar-refractivity contribution in [3.63, 3.8) is 0 Å². The number of nitrogens with zero attached hydrogens (tertiary/aromatic N) is 3. The predicted octanol–water partition coefficient (Wildman–Crippen LogP) is 3.31. The van der Waals surface area contributed by atoms with Crippen molar-refractivity contribution in [1.82, 2.24) is 9.80 Å². The molecule has 0 N–H and O–H groups in total. The van der Waals surface area contributed by atoms with E-state index < -0.39 is 12.0 Å². The SMILES string of the molecule is CCN1C(=O)C(C2C=C(C)c3ccc(N(CC)CC)cc3O2)C(=O)N(CC)C1=S. The van der Waals surface area contributed by atoms with Gasteiger partial charge in [0.05, 0.1) is 0 Å². The third-order valence-electron chi connectivity index (χ3n) is 5.68. The van der Waals surface area contributed by atoms with Crippen molar-refractivity contribution in [2.24, 2.45) is 5.92 Å². The number of allylic oxidation sites excluding steroid dienone is 1. The molecule has 1 aromatic carbocycles. The van der Waals surface area contributed by atoms with Crippen LogP contribution in [0.3, 0.4) is 0 Å². The fourth-order valence-corrected chi connectivity index (χ4v) is 4.48. The second-order valence-electron chi connectivity index (χ2n) is 7.21. The van der Waals surface area contributed by atoms with Crippen LogP contribution in [0, 0.1) is 5.92 Å². The minimum Gasteiger partial charge on any atom is -0.484 e. The van der Waals surface area contributed by atoms with Crippen molar-refractivity contribution in [2.75, 3.05) is 31.1 Å². The Morgan fingerprint density at radius 3 is 2.14 bits per heavy atom. The van der Waals surface area contributed by atoms with Crippen LogP contribution in [-0.4, -0.2) is 59.0 Å². The zero-order valence-corrected chi connectivity index (χ0v) is 18.6. The van der Waals surface area contributed by atoms with Gasteiger partial charge in [-0.05, 0) is 70.6 Å². The van der Waals surface area contributed by atoms with Gasteiger partial charge in [-0.15, -0.1) is 0 Å². The Hall–Kier alpha value is -2.41. The van der Waals surface area contributed by atoms with Gasteiger partial charge in [0.1, 0.15) is 11.9 Å². The molecule has 0 aliphatic carbocycles. The van der Waals surface area contributed by atoms with Crippen molar-refractivity contribution in [3.05, 3.63) is 29.8 Å². The first-order chi connectivity index (χ1) is 13.9. The molecule has 3 rings (SSSR count). The van der Waals surface area contributed by atoms with Crippen LogP contribution < -0.4 is 9.64 Å². The molecule has 0 aromatic heterocycles. The molecule has 0 spiro atoms. The van der Waals surface area contributed by atoms with Crippen molar-refractivity contribution >= 4 is 40.4 Å². The number of hydrogen-bond acceptors (Lipinski definition) is 5. The van der Waals surface area contributed by atoms with Crippen LogP contribution >= 0.6 is 12.2 Å². The lowest BCUT2D eigenvalue weighted by molar-refractivity contribution is -0.150. The summed E-state index contributed by atoms with van der Waals surface area (Å²) in [6, 6.07) is 6.13. The predicted molar refractivity (Wildman–Crippen MR) is 119 cm³/mol. The van der Waals surface area contributed by atoms with Gasteiger partial charge in [-0.2, -0.15) is 0 Å². The third kappa shape index (κ3) is 3.64. The summed E-state index contributed by atoms with van der Waals surface area (Å²) in [6.07, 6.45) is 1.23. The number of carbonyl (C=O) groups excluding carboxylic acids is 2. The van der Waals surface area contributed by atoms with Crippen LogP contribution in [0.1, 0.15) is 40.2 Å². The summed E-state index contributed by atoms with van der Waals surface area (Å²) in [5, 5.41) is 0.280. The van der Waals surface area contributed by atoms with E-state index in [1.165, 1.54) is 9.80 Å². The van der Waals surface area contributed by atoms with Crippen molar-refractivity contribution in [3.8, 4) is 5.75 Å². The molecule has 1 atom stereocenters. The molecular weight excluding hydrogens is 386 g/mol. The van der Waals surface area contributed by atoms with E-state index in [-0.39, 0.29) is 16.9 Å². The summed E-state index contributed by atoms with van der Waals surface area (Å²) in [5.41, 5.74) is 3.06. The summed E-state index contributed by atoms with van der Waals surface area (Å²) in [7, 11) is 0. The van der Waals surface area contributed by atoms with E-state index in [0.717, 1.165) is 29.9 Å². The summed E-state index contributed by atoms with van der Waals surface area (Å²) in [4.78, 5) is 31.4. The molecule has 2 aliphatic rings. The van der Waals surface area contributed by atoms with Crippen LogP contribution in [-0.2, 0) is 9.59 Å². The summed E-state index contributed by atoms with van der Waals surface area (Å²) in [6.45, 7) is 12.6. The molecular formula is C22H29N3O3S. The maximum atomic E-state index is 13.1. The van der Waals surface area contributed by atoms with Crippen molar-refractivity contribution < 1.29 is 14.3 Å². The molecule has 0 bridgehead atoms. The Labute approximate surface area is 178 Å². The van der Waals surface area contributed by atoms with E-state index >= 15 is 0 Å². The van der Waals surface area contributed by atoms with Gasteiger partial charge in [0.25, 0.3) is 0 Å². The first-order valence-corrected chi connectivity index (χ1v) is 10.7. The van der Waals surface area contributed by atoms with Crippen LogP contribution in [0.25, 0.3) is 5.57 Å². The zero-order chi connectivity index (χ0) is 21.3. The molecule has 1 fully saturated rings. The van der Waals surface area contributed by atoms with Gasteiger partial charge >= 0.3 is 0 Å². The molecule has 1 saturated heterocycles. The van der Waals surface area contributed by atoms with Crippen molar-refractivity contribution in [2.45, 2.75) is 40.7 Å². The zero-order valence-electron chi connectivity index (χ0n) is 17.8. The van der Waals surface area contributed by atoms with Gasteiger partial charge in [-0.25, -0.2) is 0 Å². The lowest BCUT2D eigenvalue weighted by Crippen LogP contribution is -2.62. The minimum absolute atomic E-state index is 0.280. The van der Waals surface area contributed by atoms with Crippen LogP contribution in [0.2, 0.25) is 0 Å². The number of hydrogen-bond donors (Lipinski definition) is 0. The van der Waals surface area contributed by atoms with Crippen LogP contribution in [0.15, 0.2) is 24.3 Å². The van der Waals surface area contributed by atoms with Gasteiger partial charge < -0.3 is 9.64 Å². The number of rotatable bonds is 6. The highest BCUT2D eigenvalue weighted by atomic mass is 32.1. The van der Waals surface area contributed by atoms with E-state index in [0.29, 0.717) is 18.8 Å². The van der Waals surface area contributed by atoms with E-state index in [2.05, 4.69) is 24.8 Å². The van der Waals surface area contributed by atoms with E-state index in [1.54, 1.807) is 0 Å². The van der Waals surface area contributed by atoms with Crippen molar-refractivity contribution in [1.29, 1.82) is 0 Å². The largest absolute Gasteiger partial charge is 0.484 e. The molecule has 1 aromatic rings. The van der Waals surface area contributed by atoms with Crippen LogP contribution in [0.5, 0.6) is 5.75 Å². The molecule has 2 amide bonds. The third-order valence-corrected chi connectivity index (χ3v) is 6.12. The smallest absolute Gasteiger partial charge is 0.245 e. The average molecular weight is 416 g/mol. The Bertz CT molecular complexity index is 837. The van der Waals surface area contributed by atoms with E-state index in [9.17, 15) is 9.59 Å². The monoisotopic (exact) mass is 415 g/mol. The number of ether oxygens (including phenoxy) is 1. The highest BCUT2D eigenvalue weighted by Crippen LogP contribution is 2.38.